The van der Waals surface area contributed by atoms with Gasteiger partial charge >= 0.3 is 0 Å². The van der Waals surface area contributed by atoms with Crippen molar-refractivity contribution in [2.45, 2.75) is 31.2 Å². The number of likely N-dealkylation sites (N-methyl/N-ethyl adjacent to an activating group) is 1. The Morgan fingerprint density at radius 3 is 2.48 bits per heavy atom. The van der Waals surface area contributed by atoms with Crippen LogP contribution in [0, 0.1) is 0 Å². The van der Waals surface area contributed by atoms with Gasteiger partial charge in [-0.2, -0.15) is 4.31 Å². The molecule has 0 bridgehead atoms. The van der Waals surface area contributed by atoms with Crippen LogP contribution in [-0.4, -0.2) is 56.9 Å². The number of nitrogens with one attached hydrogen (secondary N) is 1. The van der Waals surface area contributed by atoms with E-state index in [9.17, 15) is 8.42 Å². The molecule has 0 radical (unpaired) electrons. The predicted octanol–water partition coefficient (Wildman–Crippen LogP) is 1.83. The van der Waals surface area contributed by atoms with Crippen LogP contribution in [0.3, 0.4) is 0 Å². The molecule has 5 nitrogen and oxygen atoms in total. The summed E-state index contributed by atoms with van der Waals surface area (Å²) in [5.41, 5.74) is 0.960. The lowest BCUT2D eigenvalue weighted by Gasteiger charge is -2.37. The molecule has 1 heterocycles. The second-order valence-electron chi connectivity index (χ2n) is 5.68. The Morgan fingerprint density at radius 1 is 1.24 bits per heavy atom. The third-order valence-electron chi connectivity index (χ3n) is 3.81. The summed E-state index contributed by atoms with van der Waals surface area (Å²) in [6, 6.07) is 7.06. The Bertz CT molecular complexity index is 557. The first kappa shape index (κ1) is 16.3. The maximum Gasteiger partial charge on any atom is 0.243 e. The van der Waals surface area contributed by atoms with E-state index in [-0.39, 0.29) is 6.04 Å². The quantitative estimate of drug-likeness (QED) is 0.901. The van der Waals surface area contributed by atoms with Gasteiger partial charge in [0.15, 0.2) is 0 Å². The molecule has 118 valence electrons. The summed E-state index contributed by atoms with van der Waals surface area (Å²) >= 11 is 0. The lowest BCUT2D eigenvalue weighted by molar-refractivity contribution is 0.170. The number of hydrogen-bond acceptors (Lipinski definition) is 4. The number of rotatable bonds is 5. The summed E-state index contributed by atoms with van der Waals surface area (Å²) in [6.45, 7) is 7.05. The fourth-order valence-corrected chi connectivity index (χ4v) is 4.24. The second kappa shape index (κ2) is 6.77. The molecule has 1 aromatic carbocycles. The van der Waals surface area contributed by atoms with Gasteiger partial charge in [-0.3, -0.25) is 0 Å². The van der Waals surface area contributed by atoms with Crippen molar-refractivity contribution < 1.29 is 8.42 Å². The van der Waals surface area contributed by atoms with Gasteiger partial charge in [-0.15, -0.1) is 0 Å². The van der Waals surface area contributed by atoms with Crippen molar-refractivity contribution in [1.29, 1.82) is 0 Å². The Labute approximate surface area is 128 Å². The fourth-order valence-electron chi connectivity index (χ4n) is 2.63. The number of sulfonamides is 1. The van der Waals surface area contributed by atoms with E-state index in [1.165, 1.54) is 0 Å². The van der Waals surface area contributed by atoms with E-state index in [1.54, 1.807) is 16.4 Å². The van der Waals surface area contributed by atoms with E-state index >= 15 is 0 Å². The van der Waals surface area contributed by atoms with E-state index < -0.39 is 10.0 Å². The zero-order valence-electron chi connectivity index (χ0n) is 13.0. The number of benzene rings is 1. The van der Waals surface area contributed by atoms with E-state index in [2.05, 4.69) is 17.1 Å². The predicted molar refractivity (Wildman–Crippen MR) is 86.1 cm³/mol. The van der Waals surface area contributed by atoms with Gasteiger partial charge in [0, 0.05) is 37.9 Å². The molecule has 1 fully saturated rings. The molecule has 0 spiro atoms. The summed E-state index contributed by atoms with van der Waals surface area (Å²) in [7, 11) is -1.37. The van der Waals surface area contributed by atoms with Gasteiger partial charge < -0.3 is 10.2 Å². The van der Waals surface area contributed by atoms with Gasteiger partial charge in [0.25, 0.3) is 0 Å². The summed E-state index contributed by atoms with van der Waals surface area (Å²) in [6.07, 6.45) is 1.04. The smallest absolute Gasteiger partial charge is 0.243 e. The standard InChI is InChI=1S/C15H25N3O2S/c1-4-9-16-14-5-7-15(8-6-14)21(19,20)18-11-10-17(3)12-13(18)2/h5-8,13,16H,4,9-12H2,1-3H3. The molecule has 0 amide bonds. The van der Waals surface area contributed by atoms with Gasteiger partial charge in [-0.1, -0.05) is 6.92 Å². The fraction of sp³-hybridized carbons (Fsp3) is 0.600. The molecule has 1 N–H and O–H groups in total. The topological polar surface area (TPSA) is 52.7 Å². The normalized spacial score (nSPS) is 21.4. The lowest BCUT2D eigenvalue weighted by Crippen LogP contribution is -2.52. The van der Waals surface area contributed by atoms with Gasteiger partial charge in [-0.25, -0.2) is 8.42 Å². The first-order valence-electron chi connectivity index (χ1n) is 7.49. The molecule has 1 aliphatic heterocycles. The van der Waals surface area contributed by atoms with Crippen molar-refractivity contribution in [3.05, 3.63) is 24.3 Å². The summed E-state index contributed by atoms with van der Waals surface area (Å²) in [5, 5.41) is 3.25. The van der Waals surface area contributed by atoms with E-state index in [0.717, 1.165) is 31.7 Å². The SMILES string of the molecule is CCCNc1ccc(S(=O)(=O)N2CCN(C)CC2C)cc1. The monoisotopic (exact) mass is 311 g/mol. The minimum atomic E-state index is -3.39. The Hall–Kier alpha value is -1.11. The van der Waals surface area contributed by atoms with Crippen molar-refractivity contribution in [1.82, 2.24) is 9.21 Å². The highest BCUT2D eigenvalue weighted by Gasteiger charge is 2.32. The highest BCUT2D eigenvalue weighted by molar-refractivity contribution is 7.89. The van der Waals surface area contributed by atoms with Crippen LogP contribution in [0.1, 0.15) is 20.3 Å². The van der Waals surface area contributed by atoms with Crippen LogP contribution < -0.4 is 5.32 Å². The molecule has 1 aliphatic rings. The first-order chi connectivity index (χ1) is 9.95. The molecule has 1 atom stereocenters. The molecule has 0 aromatic heterocycles. The molecule has 21 heavy (non-hydrogen) atoms. The van der Waals surface area contributed by atoms with Crippen molar-refractivity contribution in [3.63, 3.8) is 0 Å². The Balaban J connectivity index is 2.15. The molecule has 6 heteroatoms. The molecular weight excluding hydrogens is 286 g/mol. The average Bonchev–Trinajstić information content (AvgIpc) is 2.45. The summed E-state index contributed by atoms with van der Waals surface area (Å²) in [5.74, 6) is 0. The van der Waals surface area contributed by atoms with Crippen molar-refractivity contribution >= 4 is 15.7 Å². The minimum absolute atomic E-state index is 0.00615. The van der Waals surface area contributed by atoms with Crippen LogP contribution in [0.4, 0.5) is 5.69 Å². The van der Waals surface area contributed by atoms with E-state index in [0.29, 0.717) is 11.4 Å². The number of piperazine rings is 1. The largest absolute Gasteiger partial charge is 0.385 e. The van der Waals surface area contributed by atoms with E-state index in [4.69, 9.17) is 0 Å². The molecule has 0 aliphatic carbocycles. The highest BCUT2D eigenvalue weighted by atomic mass is 32.2. The maximum absolute atomic E-state index is 12.7. The van der Waals surface area contributed by atoms with Crippen LogP contribution in [0.15, 0.2) is 29.2 Å². The maximum atomic E-state index is 12.7. The molecule has 1 saturated heterocycles. The van der Waals surface area contributed by atoms with Gasteiger partial charge in [0.1, 0.15) is 0 Å². The van der Waals surface area contributed by atoms with Gasteiger partial charge in [0.2, 0.25) is 10.0 Å². The van der Waals surface area contributed by atoms with Gasteiger partial charge in [0.05, 0.1) is 4.90 Å². The Morgan fingerprint density at radius 2 is 1.90 bits per heavy atom. The van der Waals surface area contributed by atoms with Crippen molar-refractivity contribution in [2.24, 2.45) is 0 Å². The molecule has 2 rings (SSSR count). The summed E-state index contributed by atoms with van der Waals surface area (Å²) in [4.78, 5) is 2.54. The molecule has 1 aromatic rings. The zero-order chi connectivity index (χ0) is 15.5. The van der Waals surface area contributed by atoms with Crippen LogP contribution in [-0.2, 0) is 10.0 Å². The summed E-state index contributed by atoms with van der Waals surface area (Å²) < 4.78 is 27.0. The highest BCUT2D eigenvalue weighted by Crippen LogP contribution is 2.22. The number of nitrogens with zero attached hydrogens (tertiary/aromatic N) is 2. The Kier molecular flexibility index (Phi) is 5.24. The molecule has 0 saturated carbocycles. The van der Waals surface area contributed by atoms with Crippen LogP contribution in [0.5, 0.6) is 0 Å². The lowest BCUT2D eigenvalue weighted by atomic mass is 10.2. The van der Waals surface area contributed by atoms with Crippen molar-refractivity contribution in [3.8, 4) is 0 Å². The number of anilines is 1. The van der Waals surface area contributed by atoms with Crippen molar-refractivity contribution in [2.75, 3.05) is 38.5 Å². The van der Waals surface area contributed by atoms with Crippen LogP contribution >= 0.6 is 0 Å². The average molecular weight is 311 g/mol. The second-order valence-corrected chi connectivity index (χ2v) is 7.57. The zero-order valence-corrected chi connectivity index (χ0v) is 13.9. The van der Waals surface area contributed by atoms with Crippen LogP contribution in [0.2, 0.25) is 0 Å². The third kappa shape index (κ3) is 3.75. The first-order valence-corrected chi connectivity index (χ1v) is 8.93. The minimum Gasteiger partial charge on any atom is -0.385 e. The number of hydrogen-bond donors (Lipinski definition) is 1. The molecule has 1 unspecified atom stereocenters. The van der Waals surface area contributed by atoms with Gasteiger partial charge in [-0.05, 0) is 44.7 Å². The van der Waals surface area contributed by atoms with Crippen LogP contribution in [0.25, 0.3) is 0 Å². The molecular formula is C15H25N3O2S. The third-order valence-corrected chi connectivity index (χ3v) is 5.84. The van der Waals surface area contributed by atoms with E-state index in [1.807, 2.05) is 26.1 Å².